The third kappa shape index (κ3) is 3.39. The van der Waals surface area contributed by atoms with E-state index >= 15 is 0 Å². The van der Waals surface area contributed by atoms with Gasteiger partial charge in [-0.25, -0.2) is 4.57 Å². The van der Waals surface area contributed by atoms with Crippen LogP contribution < -0.4 is 9.47 Å². The van der Waals surface area contributed by atoms with E-state index in [1.807, 2.05) is 11.8 Å². The van der Waals surface area contributed by atoms with E-state index in [1.165, 1.54) is 42.5 Å². The van der Waals surface area contributed by atoms with Crippen molar-refractivity contribution < 1.29 is 4.57 Å². The lowest BCUT2D eigenvalue weighted by molar-refractivity contribution is -0.644. The number of thiophene rings is 1. The molecule has 2 aromatic carbocycles. The minimum Gasteiger partial charge on any atom is -0.338 e. The van der Waals surface area contributed by atoms with Crippen LogP contribution in [0.25, 0.3) is 22.6 Å². The van der Waals surface area contributed by atoms with E-state index in [2.05, 4.69) is 114 Å². The van der Waals surface area contributed by atoms with Gasteiger partial charge in [0.15, 0.2) is 6.20 Å². The highest BCUT2D eigenvalue weighted by molar-refractivity contribution is 8.03. The van der Waals surface area contributed by atoms with E-state index in [0.29, 0.717) is 0 Å². The second kappa shape index (κ2) is 7.54. The Labute approximate surface area is 179 Å². The summed E-state index contributed by atoms with van der Waals surface area (Å²) in [6, 6.07) is 23.7. The van der Waals surface area contributed by atoms with Gasteiger partial charge in [0.05, 0.1) is 16.1 Å². The maximum atomic E-state index is 2.32. The molecule has 0 aliphatic carbocycles. The summed E-state index contributed by atoms with van der Waals surface area (Å²) in [5.74, 6) is 0. The van der Waals surface area contributed by atoms with Crippen LogP contribution >= 0.6 is 23.1 Å². The fourth-order valence-electron chi connectivity index (χ4n) is 3.69. The highest BCUT2D eigenvalue weighted by Gasteiger charge is 2.22. The summed E-state index contributed by atoms with van der Waals surface area (Å²) in [4.78, 5) is 4.87. The van der Waals surface area contributed by atoms with Crippen molar-refractivity contribution in [2.75, 3.05) is 11.9 Å². The summed E-state index contributed by atoms with van der Waals surface area (Å²) in [5.41, 5.74) is 4.98. The molecule has 0 atom stereocenters. The number of nitrogens with zero attached hydrogens (tertiary/aromatic N) is 2. The number of aryl methyl sites for hydroxylation is 1. The predicted octanol–water partition coefficient (Wildman–Crippen LogP) is 6.35. The molecule has 0 N–H and O–H groups in total. The summed E-state index contributed by atoms with van der Waals surface area (Å²) in [6.45, 7) is 0. The molecule has 0 fully saturated rings. The first-order valence-electron chi connectivity index (χ1n) is 9.56. The zero-order valence-corrected chi connectivity index (χ0v) is 18.0. The molecule has 5 rings (SSSR count). The fraction of sp³-hybridized carbons (Fsp3) is 0.0800. The molecule has 0 unspecified atom stereocenters. The average molecular weight is 414 g/mol. The Morgan fingerprint density at radius 1 is 0.966 bits per heavy atom. The lowest BCUT2D eigenvalue weighted by Gasteiger charge is -2.14. The molecule has 1 aliphatic rings. The quantitative estimate of drug-likeness (QED) is 0.361. The smallest absolute Gasteiger partial charge is 0.212 e. The number of pyridine rings is 1. The number of aromatic nitrogens is 1. The Morgan fingerprint density at radius 2 is 1.79 bits per heavy atom. The number of para-hydroxylation sites is 2. The number of fused-ring (bicyclic) bond motifs is 2. The highest BCUT2D eigenvalue weighted by Crippen LogP contribution is 2.46. The molecule has 0 spiro atoms. The summed E-state index contributed by atoms with van der Waals surface area (Å²) in [7, 11) is 4.24. The Morgan fingerprint density at radius 3 is 2.62 bits per heavy atom. The third-order valence-electron chi connectivity index (χ3n) is 5.24. The normalized spacial score (nSPS) is 15.3. The van der Waals surface area contributed by atoms with Crippen LogP contribution in [0.15, 0.2) is 94.3 Å². The first kappa shape index (κ1) is 18.2. The molecule has 2 aromatic heterocycles. The van der Waals surface area contributed by atoms with Gasteiger partial charge < -0.3 is 4.90 Å². The molecule has 0 saturated heterocycles. The lowest BCUT2D eigenvalue weighted by Crippen LogP contribution is -2.28. The van der Waals surface area contributed by atoms with E-state index in [4.69, 9.17) is 0 Å². The van der Waals surface area contributed by atoms with Crippen molar-refractivity contribution in [3.63, 3.8) is 0 Å². The van der Waals surface area contributed by atoms with Crippen LogP contribution in [0.4, 0.5) is 5.69 Å². The van der Waals surface area contributed by atoms with Crippen LogP contribution in [-0.4, -0.2) is 7.05 Å². The van der Waals surface area contributed by atoms with Crippen molar-refractivity contribution in [2.24, 2.45) is 7.05 Å². The van der Waals surface area contributed by atoms with Gasteiger partial charge in [0.1, 0.15) is 7.05 Å². The van der Waals surface area contributed by atoms with E-state index in [-0.39, 0.29) is 0 Å². The number of thioether (sulfide) groups is 1. The maximum Gasteiger partial charge on any atom is 0.212 e. The maximum absolute atomic E-state index is 2.32. The van der Waals surface area contributed by atoms with Crippen LogP contribution in [0.5, 0.6) is 0 Å². The van der Waals surface area contributed by atoms with Gasteiger partial charge in [-0.1, -0.05) is 42.1 Å². The molecule has 142 valence electrons. The second-order valence-corrected chi connectivity index (χ2v) is 9.10. The molecule has 0 bridgehead atoms. The lowest BCUT2D eigenvalue weighted by atomic mass is 10.0. The molecule has 4 aromatic rings. The summed E-state index contributed by atoms with van der Waals surface area (Å²) in [6.07, 6.45) is 6.77. The standard InChI is InChI=1S/C25H21N2S2/c1-26-14-13-18(20-8-3-4-9-21(20)26)16-19(23-12-7-15-28-23)17-25-27(2)22-10-5-6-11-24(22)29-25/h3-17H,1-2H3/q+1. The van der Waals surface area contributed by atoms with E-state index in [9.17, 15) is 0 Å². The molecular formula is C25H21N2S2+. The van der Waals surface area contributed by atoms with Crippen LogP contribution in [-0.2, 0) is 7.05 Å². The van der Waals surface area contributed by atoms with Gasteiger partial charge in [-0.3, -0.25) is 0 Å². The Kier molecular flexibility index (Phi) is 4.74. The summed E-state index contributed by atoms with van der Waals surface area (Å²) >= 11 is 3.61. The van der Waals surface area contributed by atoms with Crippen LogP contribution in [0.2, 0.25) is 0 Å². The largest absolute Gasteiger partial charge is 0.338 e. The Bertz CT molecular complexity index is 1250. The van der Waals surface area contributed by atoms with Crippen LogP contribution in [0, 0.1) is 0 Å². The second-order valence-electron chi connectivity index (χ2n) is 7.09. The summed E-state index contributed by atoms with van der Waals surface area (Å²) in [5, 5.41) is 4.66. The average Bonchev–Trinajstić information content (AvgIpc) is 3.39. The van der Waals surface area contributed by atoms with Gasteiger partial charge >= 0.3 is 0 Å². The van der Waals surface area contributed by atoms with Crippen molar-refractivity contribution in [1.82, 2.24) is 0 Å². The van der Waals surface area contributed by atoms with Gasteiger partial charge in [0.25, 0.3) is 0 Å². The van der Waals surface area contributed by atoms with Gasteiger partial charge in [0, 0.05) is 29.0 Å². The number of hydrogen-bond donors (Lipinski definition) is 0. The van der Waals surface area contributed by atoms with Crippen LogP contribution in [0.1, 0.15) is 10.4 Å². The molecular weight excluding hydrogens is 392 g/mol. The molecule has 2 nitrogen and oxygen atoms in total. The minimum absolute atomic E-state index is 1.24. The molecule has 0 radical (unpaired) electrons. The zero-order valence-electron chi connectivity index (χ0n) is 16.4. The number of hydrogen-bond acceptors (Lipinski definition) is 3. The first-order valence-corrected chi connectivity index (χ1v) is 11.3. The van der Waals surface area contributed by atoms with Gasteiger partial charge in [-0.15, -0.1) is 11.3 Å². The third-order valence-corrected chi connectivity index (χ3v) is 7.33. The first-order chi connectivity index (χ1) is 14.2. The minimum atomic E-state index is 1.24. The van der Waals surface area contributed by atoms with Crippen molar-refractivity contribution >= 4 is 51.3 Å². The topological polar surface area (TPSA) is 7.12 Å². The van der Waals surface area contributed by atoms with Crippen molar-refractivity contribution in [2.45, 2.75) is 4.90 Å². The summed E-state index contributed by atoms with van der Waals surface area (Å²) < 4.78 is 2.17. The van der Waals surface area contributed by atoms with E-state index in [1.54, 1.807) is 11.3 Å². The Balaban J connectivity index is 1.65. The van der Waals surface area contributed by atoms with Crippen molar-refractivity contribution in [1.29, 1.82) is 0 Å². The highest BCUT2D eigenvalue weighted by atomic mass is 32.2. The number of benzene rings is 2. The van der Waals surface area contributed by atoms with Crippen molar-refractivity contribution in [3.8, 4) is 0 Å². The van der Waals surface area contributed by atoms with Gasteiger partial charge in [0.2, 0.25) is 5.52 Å². The van der Waals surface area contributed by atoms with Crippen molar-refractivity contribution in [3.05, 3.63) is 99.9 Å². The molecule has 1 aliphatic heterocycles. The molecule has 4 heteroatoms. The van der Waals surface area contributed by atoms with E-state index in [0.717, 1.165) is 0 Å². The number of rotatable bonds is 3. The molecule has 29 heavy (non-hydrogen) atoms. The van der Waals surface area contributed by atoms with Crippen LogP contribution in [0.3, 0.4) is 0 Å². The monoisotopic (exact) mass is 413 g/mol. The number of allylic oxidation sites excluding steroid dienone is 2. The fourth-order valence-corrected chi connectivity index (χ4v) is 5.50. The number of anilines is 1. The zero-order chi connectivity index (χ0) is 19.8. The SMILES string of the molecule is CN1/C(=C\C(=C\c2cc[n+](C)c3ccccc23)c2cccs2)Sc2ccccc21. The molecule has 0 amide bonds. The Hall–Kier alpha value is -2.82. The molecule has 3 heterocycles. The van der Waals surface area contributed by atoms with E-state index < -0.39 is 0 Å². The van der Waals surface area contributed by atoms with Gasteiger partial charge in [-0.2, -0.15) is 0 Å². The molecule has 0 saturated carbocycles. The predicted molar refractivity (Wildman–Crippen MR) is 126 cm³/mol. The van der Waals surface area contributed by atoms with Gasteiger partial charge in [-0.05, 0) is 52.9 Å².